The smallest absolute Gasteiger partial charge is 0.263 e. The molecule has 1 saturated heterocycles. The van der Waals surface area contributed by atoms with E-state index in [0.717, 1.165) is 49.0 Å². The Labute approximate surface area is 180 Å². The van der Waals surface area contributed by atoms with Crippen molar-refractivity contribution >= 4 is 39.2 Å². The molecular weight excluding hydrogens is 402 g/mol. The fourth-order valence-electron chi connectivity index (χ4n) is 4.44. The summed E-state index contributed by atoms with van der Waals surface area (Å²) in [6.45, 7) is 10.4. The number of thiophene rings is 1. The van der Waals surface area contributed by atoms with Crippen molar-refractivity contribution in [1.82, 2.24) is 14.5 Å². The maximum Gasteiger partial charge on any atom is 0.263 e. The quantitative estimate of drug-likeness (QED) is 0.406. The average molecular weight is 432 g/mol. The van der Waals surface area contributed by atoms with Crippen LogP contribution in [0.2, 0.25) is 0 Å². The van der Waals surface area contributed by atoms with E-state index in [1.807, 2.05) is 4.90 Å². The Kier molecular flexibility index (Phi) is 6.16. The van der Waals surface area contributed by atoms with Gasteiger partial charge in [0.05, 0.1) is 11.1 Å². The largest absolute Gasteiger partial charge is 0.342 e. The minimum Gasteiger partial charge on any atom is -0.342 e. The van der Waals surface area contributed by atoms with Crippen LogP contribution in [0.4, 0.5) is 0 Å². The molecule has 156 valence electrons. The number of nitrogens with zero attached hydrogens (tertiary/aromatic N) is 3. The Balaban J connectivity index is 1.63. The van der Waals surface area contributed by atoms with Crippen LogP contribution in [0.25, 0.3) is 10.2 Å². The van der Waals surface area contributed by atoms with Crippen molar-refractivity contribution in [2.75, 3.05) is 18.8 Å². The van der Waals surface area contributed by atoms with Crippen molar-refractivity contribution in [2.45, 2.75) is 57.7 Å². The van der Waals surface area contributed by atoms with Gasteiger partial charge in [-0.2, -0.15) is 0 Å². The summed E-state index contributed by atoms with van der Waals surface area (Å²) in [5, 5.41) is 1.42. The van der Waals surface area contributed by atoms with Crippen LogP contribution in [0.1, 0.15) is 43.6 Å². The number of carbonyl (C=O) groups is 1. The van der Waals surface area contributed by atoms with Crippen LogP contribution in [0.3, 0.4) is 0 Å². The lowest BCUT2D eigenvalue weighted by Gasteiger charge is -2.30. The molecule has 2 aliphatic rings. The number of amides is 1. The highest BCUT2D eigenvalue weighted by Crippen LogP contribution is 2.36. The number of aryl methyl sites for hydroxylation is 1. The Morgan fingerprint density at radius 3 is 2.93 bits per heavy atom. The molecule has 7 heteroatoms. The maximum absolute atomic E-state index is 13.3. The first kappa shape index (κ1) is 20.7. The van der Waals surface area contributed by atoms with Crippen molar-refractivity contribution in [1.29, 1.82) is 0 Å². The Morgan fingerprint density at radius 2 is 2.17 bits per heavy atom. The van der Waals surface area contributed by atoms with E-state index < -0.39 is 0 Å². The Morgan fingerprint density at radius 1 is 1.34 bits per heavy atom. The van der Waals surface area contributed by atoms with Crippen molar-refractivity contribution in [3.05, 3.63) is 33.4 Å². The predicted molar refractivity (Wildman–Crippen MR) is 121 cm³/mol. The van der Waals surface area contributed by atoms with Crippen molar-refractivity contribution < 1.29 is 4.79 Å². The number of thioether (sulfide) groups is 1. The molecular formula is C22H29N3O2S2. The van der Waals surface area contributed by atoms with E-state index in [1.165, 1.54) is 28.6 Å². The maximum atomic E-state index is 13.3. The molecule has 3 heterocycles. The number of allylic oxidation sites excluding steroid dienone is 1. The molecule has 2 aromatic rings. The summed E-state index contributed by atoms with van der Waals surface area (Å²) < 4.78 is 1.69. The van der Waals surface area contributed by atoms with Crippen molar-refractivity contribution in [2.24, 2.45) is 11.8 Å². The van der Waals surface area contributed by atoms with Crippen LogP contribution >= 0.6 is 23.1 Å². The van der Waals surface area contributed by atoms with Crippen LogP contribution in [-0.4, -0.2) is 39.2 Å². The van der Waals surface area contributed by atoms with E-state index in [0.29, 0.717) is 29.3 Å². The van der Waals surface area contributed by atoms with Crippen LogP contribution in [0.5, 0.6) is 0 Å². The Bertz CT molecular complexity index is 994. The molecule has 0 aromatic carbocycles. The second kappa shape index (κ2) is 8.64. The molecule has 2 unspecified atom stereocenters. The third-order valence-corrected chi connectivity index (χ3v) is 8.14. The van der Waals surface area contributed by atoms with E-state index in [-0.39, 0.29) is 11.5 Å². The molecule has 2 aromatic heterocycles. The van der Waals surface area contributed by atoms with Gasteiger partial charge in [0.25, 0.3) is 5.56 Å². The van der Waals surface area contributed by atoms with E-state index >= 15 is 0 Å². The number of hydrogen-bond donors (Lipinski definition) is 0. The third-order valence-electron chi connectivity index (χ3n) is 6.03. The van der Waals surface area contributed by atoms with Gasteiger partial charge in [-0.15, -0.1) is 17.9 Å². The summed E-state index contributed by atoms with van der Waals surface area (Å²) in [5.74, 6) is 1.68. The van der Waals surface area contributed by atoms with Gasteiger partial charge in [-0.3, -0.25) is 14.2 Å². The number of carbonyl (C=O) groups excluding carboxylic acids is 1. The zero-order chi connectivity index (χ0) is 20.5. The summed E-state index contributed by atoms with van der Waals surface area (Å²) >= 11 is 3.05. The molecule has 4 rings (SSSR count). The molecule has 0 spiro atoms. The highest BCUT2D eigenvalue weighted by Gasteiger charge is 2.25. The number of fused-ring (bicyclic) bond motifs is 3. The number of piperidine rings is 1. The first-order valence-corrected chi connectivity index (χ1v) is 12.3. The van der Waals surface area contributed by atoms with Gasteiger partial charge in [-0.1, -0.05) is 31.7 Å². The lowest BCUT2D eigenvalue weighted by atomic mass is 9.89. The molecule has 0 radical (unpaired) electrons. The highest BCUT2D eigenvalue weighted by molar-refractivity contribution is 7.99. The number of aromatic nitrogens is 2. The normalized spacial score (nSPS) is 21.9. The highest BCUT2D eigenvalue weighted by atomic mass is 32.2. The summed E-state index contributed by atoms with van der Waals surface area (Å²) in [7, 11) is 0. The predicted octanol–water partition coefficient (Wildman–Crippen LogP) is 4.12. The van der Waals surface area contributed by atoms with Gasteiger partial charge in [0, 0.05) is 24.5 Å². The second-order valence-electron chi connectivity index (χ2n) is 8.51. The molecule has 1 fully saturated rings. The molecule has 1 aliphatic heterocycles. The Hall–Kier alpha value is -1.60. The van der Waals surface area contributed by atoms with Gasteiger partial charge in [0.15, 0.2) is 5.16 Å². The molecule has 2 atom stereocenters. The van der Waals surface area contributed by atoms with Gasteiger partial charge in [0.2, 0.25) is 5.91 Å². The summed E-state index contributed by atoms with van der Waals surface area (Å²) in [4.78, 5) is 35.0. The second-order valence-corrected chi connectivity index (χ2v) is 10.5. The standard InChI is InChI=1S/C22H29N3O2S2/c1-4-9-25-21(27)19-16-8-7-14(2)11-17(16)29-20(19)23-22(25)28-13-18(26)24-10-5-6-15(3)12-24/h4,14-15H,1,5-13H2,2-3H3. The SMILES string of the molecule is C=CCn1c(SCC(=O)N2CCCC(C)C2)nc2sc3c(c2c1=O)CCC(C)C3. The molecule has 1 aliphatic carbocycles. The van der Waals surface area contributed by atoms with E-state index in [9.17, 15) is 9.59 Å². The number of likely N-dealkylation sites (tertiary alicyclic amines) is 1. The zero-order valence-corrected chi connectivity index (χ0v) is 18.9. The van der Waals surface area contributed by atoms with Crippen LogP contribution < -0.4 is 5.56 Å². The molecule has 0 bridgehead atoms. The fourth-order valence-corrected chi connectivity index (χ4v) is 6.77. The minimum absolute atomic E-state index is 0.0171. The average Bonchev–Trinajstić information content (AvgIpc) is 3.06. The van der Waals surface area contributed by atoms with Gasteiger partial charge >= 0.3 is 0 Å². The first-order valence-electron chi connectivity index (χ1n) is 10.5. The molecule has 0 saturated carbocycles. The number of hydrogen-bond acceptors (Lipinski definition) is 5. The summed E-state index contributed by atoms with van der Waals surface area (Å²) in [6, 6.07) is 0. The van der Waals surface area contributed by atoms with Gasteiger partial charge in [0.1, 0.15) is 4.83 Å². The monoisotopic (exact) mass is 431 g/mol. The van der Waals surface area contributed by atoms with Gasteiger partial charge in [-0.05, 0) is 49.5 Å². The van der Waals surface area contributed by atoms with Gasteiger partial charge in [-0.25, -0.2) is 4.98 Å². The summed E-state index contributed by atoms with van der Waals surface area (Å²) in [6.07, 6.45) is 7.11. The van der Waals surface area contributed by atoms with E-state index in [2.05, 4.69) is 20.4 Å². The van der Waals surface area contributed by atoms with Crippen LogP contribution in [0.15, 0.2) is 22.6 Å². The zero-order valence-electron chi connectivity index (χ0n) is 17.3. The fraction of sp³-hybridized carbons (Fsp3) is 0.591. The molecule has 5 nitrogen and oxygen atoms in total. The summed E-state index contributed by atoms with van der Waals surface area (Å²) in [5.41, 5.74) is 1.22. The van der Waals surface area contributed by atoms with Crippen LogP contribution in [0, 0.1) is 11.8 Å². The first-order chi connectivity index (χ1) is 14.0. The number of rotatable bonds is 5. The van der Waals surface area contributed by atoms with E-state index in [4.69, 9.17) is 4.98 Å². The van der Waals surface area contributed by atoms with Gasteiger partial charge < -0.3 is 4.90 Å². The molecule has 0 N–H and O–H groups in total. The third kappa shape index (κ3) is 4.17. The topological polar surface area (TPSA) is 55.2 Å². The lowest BCUT2D eigenvalue weighted by Crippen LogP contribution is -2.40. The minimum atomic E-state index is 0.0171. The molecule has 29 heavy (non-hydrogen) atoms. The van der Waals surface area contributed by atoms with Crippen molar-refractivity contribution in [3.63, 3.8) is 0 Å². The van der Waals surface area contributed by atoms with E-state index in [1.54, 1.807) is 22.0 Å². The molecule has 1 amide bonds. The van der Waals surface area contributed by atoms with Crippen molar-refractivity contribution in [3.8, 4) is 0 Å². The lowest BCUT2D eigenvalue weighted by molar-refractivity contribution is -0.130. The van der Waals surface area contributed by atoms with Crippen LogP contribution in [-0.2, 0) is 24.2 Å².